The van der Waals surface area contributed by atoms with Gasteiger partial charge in [0.2, 0.25) is 0 Å². The summed E-state index contributed by atoms with van der Waals surface area (Å²) in [5.74, 6) is 0.304. The number of benzene rings is 2. The molecule has 1 atom stereocenters. The fourth-order valence-corrected chi connectivity index (χ4v) is 5.29. The highest BCUT2D eigenvalue weighted by atomic mass is 31.2. The molecule has 29 heavy (non-hydrogen) atoms. The van der Waals surface area contributed by atoms with Gasteiger partial charge in [0.25, 0.3) is 0 Å². The summed E-state index contributed by atoms with van der Waals surface area (Å²) in [6, 6.07) is 14.6. The maximum absolute atomic E-state index is 10.6. The number of phenolic OH excluding ortho intramolecular Hbond substituents is 1. The van der Waals surface area contributed by atoms with Crippen molar-refractivity contribution in [3.05, 3.63) is 64.7 Å². The Kier molecular flexibility index (Phi) is 10.7. The monoisotopic (exact) mass is 416 g/mol. The number of rotatable bonds is 13. The van der Waals surface area contributed by atoms with Crippen molar-refractivity contribution in [3.63, 3.8) is 0 Å². The lowest BCUT2D eigenvalue weighted by molar-refractivity contribution is 0.264. The fraction of sp³-hybridized carbons (Fsp3) is 0.520. The minimum absolute atomic E-state index is 0.104. The van der Waals surface area contributed by atoms with Crippen LogP contribution in [0.2, 0.25) is 0 Å². The summed E-state index contributed by atoms with van der Waals surface area (Å²) in [7, 11) is -1.20. The van der Waals surface area contributed by atoms with Crippen LogP contribution in [0.1, 0.15) is 81.3 Å². The van der Waals surface area contributed by atoms with Gasteiger partial charge in [-0.3, -0.25) is 0 Å². The Morgan fingerprint density at radius 2 is 1.38 bits per heavy atom. The summed E-state index contributed by atoms with van der Waals surface area (Å²) < 4.78 is 12.2. The molecular weight excluding hydrogens is 379 g/mol. The van der Waals surface area contributed by atoms with Gasteiger partial charge in [0.15, 0.2) is 8.38 Å². The molecule has 0 bridgehead atoms. The van der Waals surface area contributed by atoms with E-state index in [0.29, 0.717) is 19.0 Å². The topological polar surface area (TPSA) is 38.7 Å². The van der Waals surface area contributed by atoms with Crippen molar-refractivity contribution in [1.29, 1.82) is 0 Å². The number of aryl methyl sites for hydroxylation is 2. The number of hydrogen-bond donors (Lipinski definition) is 1. The number of para-hydroxylation sites is 1. The van der Waals surface area contributed by atoms with Crippen molar-refractivity contribution >= 4 is 8.38 Å². The van der Waals surface area contributed by atoms with Crippen LogP contribution in [0.15, 0.2) is 42.5 Å². The third-order valence-electron chi connectivity index (χ3n) is 4.98. The van der Waals surface area contributed by atoms with Crippen LogP contribution in [0.25, 0.3) is 0 Å². The molecule has 0 spiro atoms. The molecule has 1 N–H and O–H groups in total. The average Bonchev–Trinajstić information content (AvgIpc) is 2.72. The van der Waals surface area contributed by atoms with Crippen LogP contribution in [0.4, 0.5) is 0 Å². The van der Waals surface area contributed by atoms with Gasteiger partial charge in [0, 0.05) is 5.56 Å². The van der Waals surface area contributed by atoms with E-state index in [0.717, 1.165) is 18.4 Å². The van der Waals surface area contributed by atoms with Gasteiger partial charge in [-0.15, -0.1) is 0 Å². The number of phenols is 1. The quantitative estimate of drug-likeness (QED) is 0.343. The standard InChI is InChI=1S/C25H37O3P/c1-5-9-13-20-17-21(14-10-6-2)19-22(18-20)25(29(27-7-3)28-8-4)23-15-11-12-16-24(23)26/h11-12,15-19,25-26H,5-10,13-14H2,1-4H3. The van der Waals surface area contributed by atoms with Crippen molar-refractivity contribution in [2.45, 2.75) is 71.9 Å². The lowest BCUT2D eigenvalue weighted by Gasteiger charge is -2.28. The molecule has 0 aromatic heterocycles. The molecule has 0 saturated carbocycles. The highest BCUT2D eigenvalue weighted by molar-refractivity contribution is 7.48. The van der Waals surface area contributed by atoms with Crippen LogP contribution in [0, 0.1) is 0 Å². The molecule has 0 fully saturated rings. The molecule has 0 amide bonds. The van der Waals surface area contributed by atoms with Gasteiger partial charge in [-0.05, 0) is 62.3 Å². The second kappa shape index (κ2) is 13.0. The third-order valence-corrected chi connectivity index (χ3v) is 7.01. The first kappa shape index (κ1) is 23.9. The first-order valence-electron chi connectivity index (χ1n) is 11.1. The Morgan fingerprint density at radius 3 is 1.86 bits per heavy atom. The van der Waals surface area contributed by atoms with Crippen LogP contribution >= 0.6 is 8.38 Å². The van der Waals surface area contributed by atoms with Crippen LogP contribution in [0.3, 0.4) is 0 Å². The molecule has 0 aliphatic rings. The lowest BCUT2D eigenvalue weighted by atomic mass is 9.95. The minimum Gasteiger partial charge on any atom is -0.508 e. The van der Waals surface area contributed by atoms with Gasteiger partial charge in [0.1, 0.15) is 5.75 Å². The van der Waals surface area contributed by atoms with E-state index >= 15 is 0 Å². The molecule has 4 heteroatoms. The maximum Gasteiger partial charge on any atom is 0.183 e. The van der Waals surface area contributed by atoms with Crippen LogP contribution in [-0.2, 0) is 21.9 Å². The summed E-state index contributed by atoms with van der Waals surface area (Å²) >= 11 is 0. The Balaban J connectivity index is 2.56. The lowest BCUT2D eigenvalue weighted by Crippen LogP contribution is -2.07. The van der Waals surface area contributed by atoms with Crippen molar-refractivity contribution in [3.8, 4) is 5.75 Å². The molecule has 0 saturated heterocycles. The summed E-state index contributed by atoms with van der Waals surface area (Å²) in [6.07, 6.45) is 6.90. The molecule has 2 rings (SSSR count). The van der Waals surface area contributed by atoms with E-state index in [9.17, 15) is 5.11 Å². The minimum atomic E-state index is -1.20. The highest BCUT2D eigenvalue weighted by Gasteiger charge is 2.30. The van der Waals surface area contributed by atoms with Gasteiger partial charge in [-0.25, -0.2) is 0 Å². The molecule has 0 aliphatic carbocycles. The summed E-state index contributed by atoms with van der Waals surface area (Å²) in [4.78, 5) is 0. The zero-order chi connectivity index (χ0) is 21.1. The average molecular weight is 417 g/mol. The van der Waals surface area contributed by atoms with Crippen LogP contribution in [-0.4, -0.2) is 18.3 Å². The van der Waals surface area contributed by atoms with Crippen LogP contribution < -0.4 is 0 Å². The van der Waals surface area contributed by atoms with Crippen molar-refractivity contribution in [2.75, 3.05) is 13.2 Å². The van der Waals surface area contributed by atoms with E-state index in [1.54, 1.807) is 6.07 Å². The molecule has 0 aliphatic heterocycles. The zero-order valence-corrected chi connectivity index (χ0v) is 19.4. The van der Waals surface area contributed by atoms with Gasteiger partial charge >= 0.3 is 0 Å². The zero-order valence-electron chi connectivity index (χ0n) is 18.5. The normalized spacial score (nSPS) is 12.4. The summed E-state index contributed by atoms with van der Waals surface area (Å²) in [6.45, 7) is 9.65. The van der Waals surface area contributed by atoms with E-state index in [4.69, 9.17) is 9.05 Å². The second-order valence-corrected chi connectivity index (χ2v) is 8.98. The molecule has 3 nitrogen and oxygen atoms in total. The Morgan fingerprint density at radius 1 is 0.828 bits per heavy atom. The SMILES string of the molecule is CCCCc1cc(CCCC)cc(C(c2ccccc2O)P(OCC)OCC)c1. The smallest absolute Gasteiger partial charge is 0.183 e. The third kappa shape index (κ3) is 7.10. The number of hydrogen-bond acceptors (Lipinski definition) is 3. The van der Waals surface area contributed by atoms with E-state index < -0.39 is 8.38 Å². The van der Waals surface area contributed by atoms with Crippen molar-refractivity contribution in [1.82, 2.24) is 0 Å². The summed E-state index contributed by atoms with van der Waals surface area (Å²) in [5, 5.41) is 10.6. The molecular formula is C25H37O3P. The molecule has 160 valence electrons. The van der Waals surface area contributed by atoms with Gasteiger partial charge in [-0.1, -0.05) is 63.1 Å². The van der Waals surface area contributed by atoms with Gasteiger partial charge in [0.05, 0.1) is 18.9 Å². The molecule has 2 aromatic rings. The molecule has 1 unspecified atom stereocenters. The predicted octanol–water partition coefficient (Wildman–Crippen LogP) is 7.55. The Bertz CT molecular complexity index is 700. The van der Waals surface area contributed by atoms with Gasteiger partial charge < -0.3 is 14.2 Å². The fourth-order valence-electron chi connectivity index (χ4n) is 3.57. The number of unbranched alkanes of at least 4 members (excludes halogenated alkanes) is 2. The largest absolute Gasteiger partial charge is 0.508 e. The molecule has 0 radical (unpaired) electrons. The first-order chi connectivity index (χ1) is 14.1. The first-order valence-corrected chi connectivity index (χ1v) is 12.3. The Hall–Kier alpha value is -1.41. The van der Waals surface area contributed by atoms with Crippen molar-refractivity contribution in [2.24, 2.45) is 0 Å². The number of aromatic hydroxyl groups is 1. The highest BCUT2D eigenvalue weighted by Crippen LogP contribution is 2.58. The maximum atomic E-state index is 10.6. The van der Waals surface area contributed by atoms with Crippen LogP contribution in [0.5, 0.6) is 5.75 Å². The van der Waals surface area contributed by atoms with Gasteiger partial charge in [-0.2, -0.15) is 0 Å². The second-order valence-electron chi connectivity index (χ2n) is 7.37. The molecule has 2 aromatic carbocycles. The van der Waals surface area contributed by atoms with Crippen molar-refractivity contribution < 1.29 is 14.2 Å². The summed E-state index contributed by atoms with van der Waals surface area (Å²) in [5.41, 5.74) is 4.72. The Labute approximate surface area is 178 Å². The van der Waals surface area contributed by atoms with E-state index in [2.05, 4.69) is 32.0 Å². The van der Waals surface area contributed by atoms with E-state index in [-0.39, 0.29) is 5.66 Å². The van der Waals surface area contributed by atoms with E-state index in [1.165, 1.54) is 42.4 Å². The van der Waals surface area contributed by atoms with E-state index in [1.807, 2.05) is 32.0 Å². The molecule has 0 heterocycles. The predicted molar refractivity (Wildman–Crippen MR) is 124 cm³/mol.